The molecule has 32 heteroatoms. The number of amides is 7. The SMILES string of the molecule is C/C1=C2N=C(/C=C3N=C(/C(C)=C4/[C@@H](CCC(N)=O)[C@](C)(CC(N)=O)[C@](C)([C@@H]5N=C1[C@](C)(CCC(=O)NCC(C)OP(=O)([O-])O[C@H]1[C@@H](O)[C@@H](n6cnc7cc(C)c(C)cc76)O[C@@H]1CO)[C@H]5CC(N)=O)[N]4[Co+][C]#N)[C@@](C)(CC(N)=O)[C@@H]\3CCC(N)=O)C(C)(C)[C@@H]/2CCC(N)=O.CCCCCCCCCCCC(N)N. The van der Waals surface area contributed by atoms with Gasteiger partial charge in [-0.05, 0) is 43.5 Å². The molecule has 0 spiro atoms. The number of hydrogen-bond donors (Lipinski definition) is 11. The molecule has 7 amide bonds. The molecular formula is C75H116CoN16O14P. The summed E-state index contributed by atoms with van der Waals surface area (Å²) in [5.74, 6) is -7.88. The number of rotatable bonds is 37. The maximum atomic E-state index is 14.5. The third-order valence-electron chi connectivity index (χ3n) is 23.5. The van der Waals surface area contributed by atoms with Crippen LogP contribution in [0.1, 0.15) is 221 Å². The van der Waals surface area contributed by atoms with Gasteiger partial charge in [0.05, 0.1) is 30.1 Å². The molecule has 7 heterocycles. The van der Waals surface area contributed by atoms with E-state index in [4.69, 9.17) is 74.6 Å². The number of allylic oxidation sites excluding steroid dienone is 6. The summed E-state index contributed by atoms with van der Waals surface area (Å²) in [6, 6.07) is 2.56. The molecule has 2 saturated heterocycles. The Morgan fingerprint density at radius 3 is 1.91 bits per heavy atom. The molecule has 2 fully saturated rings. The quantitative estimate of drug-likeness (QED) is 0.0214. The second-order valence-electron chi connectivity index (χ2n) is 31.6. The Morgan fingerprint density at radius 2 is 1.35 bits per heavy atom. The van der Waals surface area contributed by atoms with E-state index < -0.39 is 143 Å². The fraction of sp³-hybridized carbons (Fsp3) is 0.680. The van der Waals surface area contributed by atoms with Crippen LogP contribution in [0.25, 0.3) is 11.0 Å². The number of phosphoric acid groups is 1. The topological polar surface area (TPSA) is 530 Å². The van der Waals surface area contributed by atoms with Crippen molar-refractivity contribution >= 4 is 77.3 Å². The first-order valence-electron chi connectivity index (χ1n) is 37.3. The Balaban J connectivity index is 0.00000103. The minimum absolute atomic E-state index is 0.0111. The standard InChI is InChI=1S/C62H90N13O14P.C12H28N2.CN.Co/c1-29-20-39-40(21-30(29)2)75(28-70-39)57-52(84)53(41(27-76)87-57)89-90(85,86)88-31(3)26-69-49(83)18-19-59(8)37(22-46(66)80)56-62(11)61(10,25-48(68)82)36(14-17-45(65)79)51(74-62)33(5)55-60(9,24-47(67)81)34(12-15-43(63)77)38(71-55)23-42-58(6,7)35(13-16-44(64)78)50(72-42)32(4)54(59)73-56;1-2-3-4-5-6-7-8-9-10-11-12(13)14;1-2;/h20-21,23,28,31,34-37,41,52-53,56-57,76,84H,12-19,22,24-27H2,1-11H3,(H15,63,64,65,66,67,68,69,71,72,73,74,77,78,79,80,81,82,83,85,86);12H,2-11,13-14H2,1H3;;/q;;;+2/p-2/t31?,34-,35-,36-,37+,41-,52-,53-,56-,57+,59-,60+,61+,62+;;;/m1.../s1. The van der Waals surface area contributed by atoms with Crippen LogP contribution in [-0.2, 0) is 66.8 Å². The first kappa shape index (κ1) is 87.1. The number of aliphatic hydroxyl groups is 2. The van der Waals surface area contributed by atoms with Gasteiger partial charge in [0.15, 0.2) is 6.23 Å². The molecule has 2 unspecified atom stereocenters. The number of nitrogens with zero attached hydrogens (tertiary/aromatic N) is 7. The van der Waals surface area contributed by atoms with Gasteiger partial charge in [-0.2, -0.15) is 0 Å². The number of hydrogen-bond acceptors (Lipinski definition) is 22. The van der Waals surface area contributed by atoms with Gasteiger partial charge in [0.25, 0.3) is 7.82 Å². The number of benzene rings is 1. The summed E-state index contributed by atoms with van der Waals surface area (Å²) < 4.78 is 33.7. The molecule has 1 aromatic carbocycles. The minimum atomic E-state index is -5.35. The van der Waals surface area contributed by atoms with Crippen molar-refractivity contribution in [3.63, 3.8) is 0 Å². The first-order chi connectivity index (χ1) is 50.1. The summed E-state index contributed by atoms with van der Waals surface area (Å²) in [6.45, 7) is 21.0. The maximum absolute atomic E-state index is 14.5. The van der Waals surface area contributed by atoms with E-state index in [9.17, 15) is 58.5 Å². The number of aliphatic hydroxyl groups excluding tert-OH is 2. The van der Waals surface area contributed by atoms with Crippen LogP contribution in [0.15, 0.2) is 67.8 Å². The summed E-state index contributed by atoms with van der Waals surface area (Å²) in [6.07, 6.45) is 7.76. The van der Waals surface area contributed by atoms with Gasteiger partial charge in [0.2, 0.25) is 0 Å². The van der Waals surface area contributed by atoms with Gasteiger partial charge in [-0.15, -0.1) is 0 Å². The number of carbonyl (C=O) groups excluding carboxylic acids is 7. The molecule has 6 aliphatic rings. The van der Waals surface area contributed by atoms with Crippen LogP contribution in [0.3, 0.4) is 0 Å². The monoisotopic (exact) mass is 1550 g/mol. The number of nitriles is 1. The zero-order chi connectivity index (χ0) is 79.6. The van der Waals surface area contributed by atoms with Gasteiger partial charge in [0.1, 0.15) is 18.3 Å². The Hall–Kier alpha value is -7.08. The molecule has 0 saturated carbocycles. The number of imidazole rings is 1. The number of primary amides is 6. The van der Waals surface area contributed by atoms with Crippen LogP contribution in [0.4, 0.5) is 0 Å². The molecule has 19 N–H and O–H groups in total. The van der Waals surface area contributed by atoms with Crippen molar-refractivity contribution < 1.29 is 81.9 Å². The van der Waals surface area contributed by atoms with Gasteiger partial charge in [-0.25, -0.2) is 4.98 Å². The van der Waals surface area contributed by atoms with E-state index in [0.29, 0.717) is 56.4 Å². The normalized spacial score (nSPS) is 30.6. The molecule has 15 atom stereocenters. The van der Waals surface area contributed by atoms with Crippen molar-refractivity contribution in [2.24, 2.45) is 106 Å². The van der Waals surface area contributed by atoms with Crippen LogP contribution < -0.4 is 56.1 Å². The number of unbranched alkanes of at least 4 members (excludes halogenated alkanes) is 8. The van der Waals surface area contributed by atoms with E-state index in [0.717, 1.165) is 17.5 Å². The van der Waals surface area contributed by atoms with E-state index >= 15 is 0 Å². The number of aryl methyl sites for hydroxylation is 2. The molecule has 2 aromatic rings. The Kier molecular flexibility index (Phi) is 29.5. The van der Waals surface area contributed by atoms with Gasteiger partial charge in [-0.1, -0.05) is 64.7 Å². The molecule has 30 nitrogen and oxygen atoms in total. The summed E-state index contributed by atoms with van der Waals surface area (Å²) in [7, 11) is -5.35. The number of fused-ring (bicyclic) bond motifs is 7. The fourth-order valence-electron chi connectivity index (χ4n) is 17.4. The third kappa shape index (κ3) is 19.4. The van der Waals surface area contributed by atoms with Crippen LogP contribution in [-0.4, -0.2) is 138 Å². The smallest absolute Gasteiger partial charge is 0.316 e. The number of ether oxygens (including phenoxy) is 1. The van der Waals surface area contributed by atoms with E-state index in [1.165, 1.54) is 75.6 Å². The molecular weight excluding hydrogens is 1440 g/mol. The second kappa shape index (κ2) is 36.2. The van der Waals surface area contributed by atoms with Crippen LogP contribution in [0.2, 0.25) is 0 Å². The number of aliphatic imine (C=N–C) groups is 3. The number of aromatic nitrogens is 2. The van der Waals surface area contributed by atoms with E-state index in [2.05, 4.69) is 22.2 Å². The molecule has 6 aliphatic heterocycles. The molecule has 8 rings (SSSR count). The average molecular weight is 1560 g/mol. The minimum Gasteiger partial charge on any atom is -0.316 e. The van der Waals surface area contributed by atoms with Gasteiger partial charge in [0, 0.05) is 0 Å². The summed E-state index contributed by atoms with van der Waals surface area (Å²) >= 11 is 0.0230. The van der Waals surface area contributed by atoms with Crippen LogP contribution in [0.5, 0.6) is 0 Å². The van der Waals surface area contributed by atoms with Crippen molar-refractivity contribution in [1.29, 1.82) is 5.26 Å². The number of phosphoric ester groups is 1. The number of nitrogens with two attached hydrogens (primary N) is 8. The zero-order valence-corrected chi connectivity index (χ0v) is 66.2. The first-order valence-corrected chi connectivity index (χ1v) is 39.8. The Bertz CT molecular complexity index is 3960. The Morgan fingerprint density at radius 1 is 0.766 bits per heavy atom. The third-order valence-corrected chi connectivity index (χ3v) is 25.7. The zero-order valence-electron chi connectivity index (χ0n) is 64.2. The molecule has 0 radical (unpaired) electrons. The van der Waals surface area contributed by atoms with Gasteiger partial charge >= 0.3 is 417 Å². The van der Waals surface area contributed by atoms with E-state index in [1.54, 1.807) is 37.7 Å². The van der Waals surface area contributed by atoms with Crippen molar-refractivity contribution in [1.82, 2.24) is 18.8 Å². The summed E-state index contributed by atoms with van der Waals surface area (Å²) in [5.41, 5.74) is 47.3. The van der Waals surface area contributed by atoms with Crippen LogP contribution >= 0.6 is 7.82 Å². The van der Waals surface area contributed by atoms with Crippen molar-refractivity contribution in [3.8, 4) is 5.00 Å². The number of nitrogens with one attached hydrogen (secondary N) is 1. The van der Waals surface area contributed by atoms with Gasteiger partial charge < -0.3 is 40.4 Å². The molecule has 594 valence electrons. The predicted molar refractivity (Wildman–Crippen MR) is 400 cm³/mol. The Labute approximate surface area is 634 Å². The molecule has 1 aromatic heterocycles. The van der Waals surface area contributed by atoms with E-state index in [1.807, 2.05) is 53.7 Å². The van der Waals surface area contributed by atoms with Crippen molar-refractivity contribution in [3.05, 3.63) is 63.9 Å². The summed E-state index contributed by atoms with van der Waals surface area (Å²) in [4.78, 5) is 129. The second-order valence-corrected chi connectivity index (χ2v) is 33.8. The van der Waals surface area contributed by atoms with E-state index in [-0.39, 0.29) is 98.3 Å². The fourth-order valence-corrected chi connectivity index (χ4v) is 19.7. The average Bonchev–Trinajstić information content (AvgIpc) is 1.51. The molecule has 8 bridgehead atoms. The van der Waals surface area contributed by atoms with Crippen molar-refractivity contribution in [2.75, 3.05) is 13.2 Å². The molecule has 0 aliphatic carbocycles. The summed E-state index contributed by atoms with van der Waals surface area (Å²) in [5, 5.41) is 37.9. The van der Waals surface area contributed by atoms with Crippen LogP contribution in [0, 0.1) is 69.4 Å². The van der Waals surface area contributed by atoms with Crippen molar-refractivity contribution in [2.45, 2.75) is 266 Å². The molecule has 107 heavy (non-hydrogen) atoms. The van der Waals surface area contributed by atoms with Gasteiger partial charge in [-0.3, -0.25) is 4.57 Å². The number of carbonyl (C=O) groups is 7. The predicted octanol–water partition coefficient (Wildman–Crippen LogP) is 5.87.